The van der Waals surface area contributed by atoms with E-state index in [4.69, 9.17) is 21.6 Å². The summed E-state index contributed by atoms with van der Waals surface area (Å²) < 4.78 is 5.45. The average Bonchev–Trinajstić information content (AvgIpc) is 2.42. The van der Waals surface area contributed by atoms with Crippen LogP contribution in [0.15, 0.2) is 18.2 Å². The number of nitrogens with zero attached hydrogens (tertiary/aromatic N) is 1. The molecule has 6 heteroatoms. The molecule has 1 atom stereocenters. The second kappa shape index (κ2) is 6.53. The standard InChI is InChI=1S/C13H14ClN3O2/c14-11-2-1-9(7-15)5-12(11)17-13(18)6-10-8-16-3-4-19-10/h1-2,5,10,16H,3-4,6,8H2,(H,17,18). The van der Waals surface area contributed by atoms with E-state index >= 15 is 0 Å². The molecule has 19 heavy (non-hydrogen) atoms. The molecule has 1 amide bonds. The molecule has 0 radical (unpaired) electrons. The van der Waals surface area contributed by atoms with Gasteiger partial charge in [0.1, 0.15) is 0 Å². The fourth-order valence-corrected chi connectivity index (χ4v) is 2.01. The monoisotopic (exact) mass is 279 g/mol. The Labute approximate surface area is 116 Å². The molecule has 0 aliphatic carbocycles. The number of carbonyl (C=O) groups excluding carboxylic acids is 1. The van der Waals surface area contributed by atoms with Crippen molar-refractivity contribution >= 4 is 23.2 Å². The molecule has 2 rings (SSSR count). The zero-order valence-electron chi connectivity index (χ0n) is 10.3. The Balaban J connectivity index is 1.96. The lowest BCUT2D eigenvalue weighted by Crippen LogP contribution is -2.40. The van der Waals surface area contributed by atoms with E-state index in [1.807, 2.05) is 6.07 Å². The number of ether oxygens (including phenoxy) is 1. The zero-order valence-corrected chi connectivity index (χ0v) is 11.0. The van der Waals surface area contributed by atoms with Gasteiger partial charge in [0.2, 0.25) is 5.91 Å². The lowest BCUT2D eigenvalue weighted by molar-refractivity contribution is -0.119. The van der Waals surface area contributed by atoms with Crippen LogP contribution < -0.4 is 10.6 Å². The number of amides is 1. The first-order valence-corrected chi connectivity index (χ1v) is 6.38. The highest BCUT2D eigenvalue weighted by Crippen LogP contribution is 2.23. The van der Waals surface area contributed by atoms with Gasteiger partial charge >= 0.3 is 0 Å². The van der Waals surface area contributed by atoms with Crippen LogP contribution in [0.25, 0.3) is 0 Å². The van der Waals surface area contributed by atoms with E-state index in [-0.39, 0.29) is 18.4 Å². The van der Waals surface area contributed by atoms with Crippen LogP contribution in [0.3, 0.4) is 0 Å². The smallest absolute Gasteiger partial charge is 0.227 e. The highest BCUT2D eigenvalue weighted by molar-refractivity contribution is 6.33. The normalized spacial score (nSPS) is 18.6. The highest BCUT2D eigenvalue weighted by atomic mass is 35.5. The molecule has 1 fully saturated rings. The van der Waals surface area contributed by atoms with Gasteiger partial charge in [-0.25, -0.2) is 0 Å². The first-order chi connectivity index (χ1) is 9.19. The van der Waals surface area contributed by atoms with Gasteiger partial charge in [-0.15, -0.1) is 0 Å². The first kappa shape index (κ1) is 13.8. The summed E-state index contributed by atoms with van der Waals surface area (Å²) in [6, 6.07) is 6.76. The number of hydrogen-bond acceptors (Lipinski definition) is 4. The summed E-state index contributed by atoms with van der Waals surface area (Å²) in [5.74, 6) is -0.175. The van der Waals surface area contributed by atoms with Gasteiger partial charge in [-0.1, -0.05) is 11.6 Å². The van der Waals surface area contributed by atoms with Crippen LogP contribution in [0.4, 0.5) is 5.69 Å². The van der Waals surface area contributed by atoms with Crippen LogP contribution in [0, 0.1) is 11.3 Å². The minimum atomic E-state index is -0.175. The lowest BCUT2D eigenvalue weighted by atomic mass is 10.2. The number of hydrogen-bond donors (Lipinski definition) is 2. The summed E-state index contributed by atoms with van der Waals surface area (Å²) >= 11 is 5.97. The van der Waals surface area contributed by atoms with Crippen molar-refractivity contribution in [3.05, 3.63) is 28.8 Å². The van der Waals surface area contributed by atoms with E-state index < -0.39 is 0 Å². The molecule has 1 aromatic carbocycles. The van der Waals surface area contributed by atoms with Gasteiger partial charge in [0, 0.05) is 13.1 Å². The fourth-order valence-electron chi connectivity index (χ4n) is 1.85. The van der Waals surface area contributed by atoms with Crippen molar-refractivity contribution in [2.75, 3.05) is 25.0 Å². The van der Waals surface area contributed by atoms with Crippen LogP contribution in [-0.4, -0.2) is 31.7 Å². The van der Waals surface area contributed by atoms with Crippen molar-refractivity contribution in [2.24, 2.45) is 0 Å². The minimum Gasteiger partial charge on any atom is -0.375 e. The molecule has 100 valence electrons. The number of nitrogens with one attached hydrogen (secondary N) is 2. The van der Waals surface area contributed by atoms with E-state index in [0.29, 0.717) is 29.4 Å². The largest absolute Gasteiger partial charge is 0.375 e. The molecule has 1 heterocycles. The molecule has 0 spiro atoms. The topological polar surface area (TPSA) is 74.2 Å². The fraction of sp³-hybridized carbons (Fsp3) is 0.385. The Morgan fingerprint density at radius 2 is 2.47 bits per heavy atom. The summed E-state index contributed by atoms with van der Waals surface area (Å²) in [4.78, 5) is 11.9. The maximum atomic E-state index is 11.9. The third-order valence-corrected chi connectivity index (χ3v) is 3.12. The zero-order chi connectivity index (χ0) is 13.7. The molecule has 0 saturated carbocycles. The van der Waals surface area contributed by atoms with Crippen molar-refractivity contribution in [1.29, 1.82) is 5.26 Å². The maximum Gasteiger partial charge on any atom is 0.227 e. The van der Waals surface area contributed by atoms with E-state index in [1.165, 1.54) is 0 Å². The van der Waals surface area contributed by atoms with Gasteiger partial charge in [-0.3, -0.25) is 4.79 Å². The van der Waals surface area contributed by atoms with Gasteiger partial charge in [0.25, 0.3) is 0 Å². The Bertz CT molecular complexity index is 507. The van der Waals surface area contributed by atoms with E-state index in [0.717, 1.165) is 6.54 Å². The van der Waals surface area contributed by atoms with Crippen LogP contribution >= 0.6 is 11.6 Å². The Hall–Kier alpha value is -1.61. The molecule has 1 saturated heterocycles. The molecule has 0 bridgehead atoms. The first-order valence-electron chi connectivity index (χ1n) is 6.01. The number of nitriles is 1. The highest BCUT2D eigenvalue weighted by Gasteiger charge is 2.18. The molecule has 1 aliphatic rings. The van der Waals surface area contributed by atoms with E-state index in [2.05, 4.69) is 10.6 Å². The molecule has 2 N–H and O–H groups in total. The Kier molecular flexibility index (Phi) is 4.74. The molecule has 5 nitrogen and oxygen atoms in total. The van der Waals surface area contributed by atoms with Crippen LogP contribution in [-0.2, 0) is 9.53 Å². The predicted octanol–water partition coefficient (Wildman–Crippen LogP) is 1.53. The summed E-state index contributed by atoms with van der Waals surface area (Å²) in [5.41, 5.74) is 0.907. The summed E-state index contributed by atoms with van der Waals surface area (Å²) in [6.45, 7) is 2.09. The van der Waals surface area contributed by atoms with Crippen molar-refractivity contribution in [2.45, 2.75) is 12.5 Å². The minimum absolute atomic E-state index is 0.119. The van der Waals surface area contributed by atoms with E-state index in [1.54, 1.807) is 18.2 Å². The van der Waals surface area contributed by atoms with Crippen LogP contribution in [0.5, 0.6) is 0 Å². The SMILES string of the molecule is N#Cc1ccc(Cl)c(NC(=O)CC2CNCCO2)c1. The van der Waals surface area contributed by atoms with E-state index in [9.17, 15) is 4.79 Å². The predicted molar refractivity (Wildman–Crippen MR) is 72.0 cm³/mol. The maximum absolute atomic E-state index is 11.9. The Morgan fingerprint density at radius 3 is 3.16 bits per heavy atom. The number of halogens is 1. The number of carbonyl (C=O) groups is 1. The second-order valence-electron chi connectivity index (χ2n) is 4.26. The van der Waals surface area contributed by atoms with Crippen LogP contribution in [0.1, 0.15) is 12.0 Å². The molecule has 1 unspecified atom stereocenters. The third-order valence-electron chi connectivity index (χ3n) is 2.79. The number of rotatable bonds is 3. The average molecular weight is 280 g/mol. The molecular weight excluding hydrogens is 266 g/mol. The molecule has 1 aromatic rings. The van der Waals surface area contributed by atoms with Gasteiger partial charge in [0.15, 0.2) is 0 Å². The molecule has 0 aromatic heterocycles. The number of morpholine rings is 1. The second-order valence-corrected chi connectivity index (χ2v) is 4.66. The number of anilines is 1. The number of benzene rings is 1. The van der Waals surface area contributed by atoms with Crippen LogP contribution in [0.2, 0.25) is 5.02 Å². The lowest BCUT2D eigenvalue weighted by Gasteiger charge is -2.23. The van der Waals surface area contributed by atoms with Gasteiger partial charge in [0.05, 0.1) is 41.5 Å². The van der Waals surface area contributed by atoms with Crippen molar-refractivity contribution in [3.63, 3.8) is 0 Å². The van der Waals surface area contributed by atoms with Crippen molar-refractivity contribution < 1.29 is 9.53 Å². The van der Waals surface area contributed by atoms with Gasteiger partial charge < -0.3 is 15.4 Å². The van der Waals surface area contributed by atoms with Gasteiger partial charge in [-0.2, -0.15) is 5.26 Å². The summed E-state index contributed by atoms with van der Waals surface area (Å²) in [5, 5.41) is 15.1. The quantitative estimate of drug-likeness (QED) is 0.880. The Morgan fingerprint density at radius 1 is 1.63 bits per heavy atom. The third kappa shape index (κ3) is 3.93. The molecular formula is C13H14ClN3O2. The van der Waals surface area contributed by atoms with Gasteiger partial charge in [-0.05, 0) is 18.2 Å². The molecule has 1 aliphatic heterocycles. The summed E-state index contributed by atoms with van der Waals surface area (Å²) in [6.07, 6.45) is 0.145. The van der Waals surface area contributed by atoms with Crippen molar-refractivity contribution in [1.82, 2.24) is 5.32 Å². The van der Waals surface area contributed by atoms with Crippen molar-refractivity contribution in [3.8, 4) is 6.07 Å². The summed E-state index contributed by atoms with van der Waals surface area (Å²) in [7, 11) is 0.